The van der Waals surface area contributed by atoms with Gasteiger partial charge >= 0.3 is 0 Å². The second-order valence-corrected chi connectivity index (χ2v) is 6.54. The smallest absolute Gasteiger partial charge is 0.0923 e. The summed E-state index contributed by atoms with van der Waals surface area (Å²) in [6.45, 7) is 4.58. The van der Waals surface area contributed by atoms with Gasteiger partial charge in [0.05, 0.1) is 12.0 Å². The molecule has 1 aromatic heterocycles. The Kier molecular flexibility index (Phi) is 11.2. The zero-order chi connectivity index (χ0) is 15.2. The second kappa shape index (κ2) is 12.9. The molecule has 0 atom stereocenters. The third-order valence-electron chi connectivity index (χ3n) is 4.48. The van der Waals surface area contributed by atoms with Crippen LogP contribution in [-0.4, -0.2) is 9.97 Å². The number of aromatic amines is 1. The summed E-state index contributed by atoms with van der Waals surface area (Å²) in [4.78, 5) is 7.51. The zero-order valence-corrected chi connectivity index (χ0v) is 14.4. The predicted molar refractivity (Wildman–Crippen MR) is 92.5 cm³/mol. The molecule has 0 saturated heterocycles. The third-order valence-corrected chi connectivity index (χ3v) is 4.48. The molecule has 1 aromatic rings. The molecule has 0 unspecified atom stereocenters. The van der Waals surface area contributed by atoms with E-state index in [4.69, 9.17) is 0 Å². The van der Waals surface area contributed by atoms with Crippen LogP contribution in [0.15, 0.2) is 12.5 Å². The number of imidazole rings is 1. The van der Waals surface area contributed by atoms with Gasteiger partial charge in [0.15, 0.2) is 0 Å². The van der Waals surface area contributed by atoms with Crippen molar-refractivity contribution in [1.29, 1.82) is 0 Å². The molecule has 0 saturated carbocycles. The minimum absolute atomic E-state index is 0.844. The lowest BCUT2D eigenvalue weighted by molar-refractivity contribution is 0.399. The van der Waals surface area contributed by atoms with E-state index in [2.05, 4.69) is 30.0 Å². The van der Waals surface area contributed by atoms with Gasteiger partial charge in [-0.3, -0.25) is 0 Å². The summed E-state index contributed by atoms with van der Waals surface area (Å²) in [7, 11) is 0. The highest BCUT2D eigenvalue weighted by Crippen LogP contribution is 2.22. The van der Waals surface area contributed by atoms with Crippen LogP contribution in [0.25, 0.3) is 0 Å². The van der Waals surface area contributed by atoms with E-state index in [9.17, 15) is 0 Å². The van der Waals surface area contributed by atoms with Crippen LogP contribution in [0.2, 0.25) is 0 Å². The molecule has 1 N–H and O–H groups in total. The lowest BCUT2D eigenvalue weighted by Gasteiger charge is -2.16. The minimum Gasteiger partial charge on any atom is -0.351 e. The molecule has 0 spiro atoms. The lowest BCUT2D eigenvalue weighted by Crippen LogP contribution is -2.05. The molecule has 2 heteroatoms. The number of nitrogens with one attached hydrogen (secondary N) is 1. The molecule has 0 aliphatic carbocycles. The number of nitrogens with zero attached hydrogens (tertiary/aromatic N) is 1. The molecule has 0 bridgehead atoms. The standard InChI is InChI=1S/C19H36N2/c1-3-5-7-9-11-13-18(14-12-10-8-6-4-2)15-19-16-20-17-21-19/h16-18H,3-15H2,1-2H3,(H,20,21). The van der Waals surface area contributed by atoms with Crippen LogP contribution in [0, 0.1) is 5.92 Å². The van der Waals surface area contributed by atoms with Crippen LogP contribution in [0.4, 0.5) is 0 Å². The molecule has 21 heavy (non-hydrogen) atoms. The van der Waals surface area contributed by atoms with Gasteiger partial charge in [0.2, 0.25) is 0 Å². The Hall–Kier alpha value is -0.790. The van der Waals surface area contributed by atoms with Crippen LogP contribution in [-0.2, 0) is 6.42 Å². The second-order valence-electron chi connectivity index (χ2n) is 6.54. The summed E-state index contributed by atoms with van der Waals surface area (Å²) >= 11 is 0. The van der Waals surface area contributed by atoms with E-state index in [1.54, 1.807) is 0 Å². The first-order valence-electron chi connectivity index (χ1n) is 9.34. The quantitative estimate of drug-likeness (QED) is 0.401. The number of hydrogen-bond donors (Lipinski definition) is 1. The Morgan fingerprint density at radius 2 is 1.43 bits per heavy atom. The highest BCUT2D eigenvalue weighted by molar-refractivity contribution is 4.95. The molecule has 0 aromatic carbocycles. The first-order chi connectivity index (χ1) is 10.4. The van der Waals surface area contributed by atoms with Crippen LogP contribution < -0.4 is 0 Å². The van der Waals surface area contributed by atoms with Gasteiger partial charge in [-0.15, -0.1) is 0 Å². The van der Waals surface area contributed by atoms with Crippen molar-refractivity contribution in [3.05, 3.63) is 18.2 Å². The van der Waals surface area contributed by atoms with Gasteiger partial charge in [-0.05, 0) is 12.3 Å². The van der Waals surface area contributed by atoms with E-state index in [0.717, 1.165) is 5.92 Å². The van der Waals surface area contributed by atoms with Crippen molar-refractivity contribution in [2.24, 2.45) is 5.92 Å². The van der Waals surface area contributed by atoms with Crippen LogP contribution >= 0.6 is 0 Å². The molecule has 0 aliphatic rings. The molecular weight excluding hydrogens is 256 g/mol. The van der Waals surface area contributed by atoms with Crippen molar-refractivity contribution in [3.63, 3.8) is 0 Å². The first kappa shape index (κ1) is 18.3. The first-order valence-corrected chi connectivity index (χ1v) is 9.34. The van der Waals surface area contributed by atoms with Crippen molar-refractivity contribution in [3.8, 4) is 0 Å². The predicted octanol–water partition coefficient (Wildman–Crippen LogP) is 6.29. The fourth-order valence-corrected chi connectivity index (χ4v) is 3.12. The monoisotopic (exact) mass is 292 g/mol. The number of hydrogen-bond acceptors (Lipinski definition) is 1. The number of H-pyrrole nitrogens is 1. The van der Waals surface area contributed by atoms with Crippen molar-refractivity contribution in [2.45, 2.75) is 97.3 Å². The molecule has 0 radical (unpaired) electrons. The van der Waals surface area contributed by atoms with E-state index in [0.29, 0.717) is 0 Å². The summed E-state index contributed by atoms with van der Waals surface area (Å²) in [6, 6.07) is 0. The zero-order valence-electron chi connectivity index (χ0n) is 14.4. The van der Waals surface area contributed by atoms with Gasteiger partial charge in [-0.25, -0.2) is 4.98 Å². The van der Waals surface area contributed by atoms with Gasteiger partial charge in [0.1, 0.15) is 0 Å². The van der Waals surface area contributed by atoms with E-state index >= 15 is 0 Å². The maximum atomic E-state index is 4.42. The SMILES string of the molecule is CCCCCCCC(CCCCCCC)Cc1c[nH]cn1. The Labute approximate surface area is 132 Å². The van der Waals surface area contributed by atoms with E-state index in [1.807, 2.05) is 6.33 Å². The fourth-order valence-electron chi connectivity index (χ4n) is 3.12. The summed E-state index contributed by atoms with van der Waals surface area (Å²) in [5.41, 5.74) is 1.25. The number of unbranched alkanes of at least 4 members (excludes halogenated alkanes) is 8. The van der Waals surface area contributed by atoms with E-state index in [1.165, 1.54) is 89.2 Å². The van der Waals surface area contributed by atoms with Gasteiger partial charge in [-0.2, -0.15) is 0 Å². The van der Waals surface area contributed by atoms with Gasteiger partial charge in [0.25, 0.3) is 0 Å². The Bertz CT molecular complexity index is 291. The molecular formula is C19H36N2. The average molecular weight is 293 g/mol. The summed E-state index contributed by atoms with van der Waals surface area (Å²) in [5, 5.41) is 0. The summed E-state index contributed by atoms with van der Waals surface area (Å²) in [5.74, 6) is 0.844. The highest BCUT2D eigenvalue weighted by Gasteiger charge is 2.10. The molecule has 0 amide bonds. The molecule has 0 aliphatic heterocycles. The molecule has 0 fully saturated rings. The molecule has 1 heterocycles. The largest absolute Gasteiger partial charge is 0.351 e. The normalized spacial score (nSPS) is 11.4. The van der Waals surface area contributed by atoms with Crippen molar-refractivity contribution in [2.75, 3.05) is 0 Å². The maximum absolute atomic E-state index is 4.42. The molecule has 122 valence electrons. The number of aromatic nitrogens is 2. The Balaban J connectivity index is 2.21. The molecule has 2 nitrogen and oxygen atoms in total. The lowest BCUT2D eigenvalue weighted by atomic mass is 9.90. The minimum atomic E-state index is 0.844. The summed E-state index contributed by atoms with van der Waals surface area (Å²) < 4.78 is 0. The topological polar surface area (TPSA) is 28.7 Å². The van der Waals surface area contributed by atoms with Crippen molar-refractivity contribution >= 4 is 0 Å². The maximum Gasteiger partial charge on any atom is 0.0923 e. The highest BCUT2D eigenvalue weighted by atomic mass is 14.9. The van der Waals surface area contributed by atoms with Crippen LogP contribution in [0.3, 0.4) is 0 Å². The van der Waals surface area contributed by atoms with Gasteiger partial charge in [-0.1, -0.05) is 90.9 Å². The third kappa shape index (κ3) is 9.71. The average Bonchev–Trinajstić information content (AvgIpc) is 2.99. The van der Waals surface area contributed by atoms with Gasteiger partial charge < -0.3 is 4.98 Å². The number of rotatable bonds is 14. The Morgan fingerprint density at radius 1 is 0.857 bits per heavy atom. The Morgan fingerprint density at radius 3 is 1.90 bits per heavy atom. The van der Waals surface area contributed by atoms with Gasteiger partial charge in [0, 0.05) is 6.20 Å². The molecule has 1 rings (SSSR count). The van der Waals surface area contributed by atoms with Crippen molar-refractivity contribution < 1.29 is 0 Å². The van der Waals surface area contributed by atoms with Crippen molar-refractivity contribution in [1.82, 2.24) is 9.97 Å². The summed E-state index contributed by atoms with van der Waals surface area (Å²) in [6.07, 6.45) is 21.8. The van der Waals surface area contributed by atoms with E-state index < -0.39 is 0 Å². The van der Waals surface area contributed by atoms with Crippen LogP contribution in [0.1, 0.15) is 96.6 Å². The fraction of sp³-hybridized carbons (Fsp3) is 0.842. The van der Waals surface area contributed by atoms with E-state index in [-0.39, 0.29) is 0 Å². The van der Waals surface area contributed by atoms with Crippen LogP contribution in [0.5, 0.6) is 0 Å².